The number of aliphatic hydroxyl groups is 1. The Bertz CT molecular complexity index is 1120. The van der Waals surface area contributed by atoms with Crippen molar-refractivity contribution >= 4 is 5.97 Å². The summed E-state index contributed by atoms with van der Waals surface area (Å²) in [6, 6.07) is 3.91. The molecule has 0 radical (unpaired) electrons. The van der Waals surface area contributed by atoms with Crippen LogP contribution in [0.25, 0.3) is 0 Å². The fraction of sp³-hybridized carbons (Fsp3) is 0.827. The van der Waals surface area contributed by atoms with E-state index in [4.69, 9.17) is 9.47 Å². The summed E-state index contributed by atoms with van der Waals surface area (Å²) in [5.41, 5.74) is 1.64. The van der Waals surface area contributed by atoms with Gasteiger partial charge in [-0.15, -0.1) is 0 Å². The lowest BCUT2D eigenvalue weighted by Crippen LogP contribution is -2.63. The second-order valence-corrected chi connectivity index (χ2v) is 16.8. The zero-order valence-corrected chi connectivity index (χ0v) is 39.1. The molecule has 0 bridgehead atoms. The van der Waals surface area contributed by atoms with Gasteiger partial charge in [0, 0.05) is 12.5 Å². The highest BCUT2D eigenvalue weighted by Crippen LogP contribution is 2.63. The largest absolute Gasteiger partial charge is 0.481 e. The third kappa shape index (κ3) is 17.6. The molecule has 5 atom stereocenters. The Kier molecular flexibility index (Phi) is 32.3. The fourth-order valence-electron chi connectivity index (χ4n) is 8.43. The molecule has 5 unspecified atom stereocenters. The van der Waals surface area contributed by atoms with Crippen molar-refractivity contribution in [1.82, 2.24) is 0 Å². The van der Waals surface area contributed by atoms with Gasteiger partial charge in [0.1, 0.15) is 6.10 Å². The molecule has 0 saturated heterocycles. The third-order valence-corrected chi connectivity index (χ3v) is 12.4. The molecular weight excluding hydrogens is 689 g/mol. The standard InChI is InChI=1S/C25H36O4.C15H32.C5H10.C4H10.C2H6.CH4/c1-8-13-25-21-18(14-19(15(4)9-2)24(25,7)27)11-12-20(28-17(6)26)22(21)29-23(25)16(5)10-3;1-3-5-7-9-11-13-15-14-12-10-8-6-4-2;1-2-5-3-4-5;1-3-4-2;1-2;/h11-12,15,19,23,27H,5,8-10,13-14H2,1-4,6-7H3;3-15H2,1-2H3;5H,2-4H2,1H3;3-4H2,1-2H3;1-2H3;1H4. The van der Waals surface area contributed by atoms with Crippen LogP contribution in [0.4, 0.5) is 0 Å². The molecule has 4 heteroatoms. The SMILES string of the molecule is C.C=C(CC)C1Oc2c(OC(C)=O)ccc3c2C1(CCC)C(C)(O)C(C(C)CC)C3.CC.CCC1CC1.CCCC.CCCCCCCCCCCCCCC. The second-order valence-electron chi connectivity index (χ2n) is 16.8. The molecule has 2 aliphatic carbocycles. The van der Waals surface area contributed by atoms with E-state index >= 15 is 0 Å². The van der Waals surface area contributed by atoms with Gasteiger partial charge in [0.2, 0.25) is 0 Å². The molecule has 4 rings (SSSR count). The lowest BCUT2D eigenvalue weighted by Gasteiger charge is -2.55. The first-order chi connectivity index (χ1) is 26.4. The van der Waals surface area contributed by atoms with Crippen LogP contribution >= 0.6 is 0 Å². The van der Waals surface area contributed by atoms with Crippen molar-refractivity contribution in [1.29, 1.82) is 0 Å². The first-order valence-corrected chi connectivity index (χ1v) is 23.8. The first kappa shape index (κ1) is 56.3. The van der Waals surface area contributed by atoms with E-state index in [0.717, 1.165) is 49.2 Å². The summed E-state index contributed by atoms with van der Waals surface area (Å²) in [5, 5.41) is 12.2. The zero-order chi connectivity index (χ0) is 41.9. The molecule has 1 aliphatic heterocycles. The molecular formula is C52H98O4. The summed E-state index contributed by atoms with van der Waals surface area (Å²) in [5.74, 6) is 2.32. The highest BCUT2D eigenvalue weighted by molar-refractivity contribution is 5.72. The highest BCUT2D eigenvalue weighted by Gasteiger charge is 2.65. The lowest BCUT2D eigenvalue weighted by molar-refractivity contribution is -0.132. The van der Waals surface area contributed by atoms with Crippen LogP contribution in [0.5, 0.6) is 11.5 Å². The predicted octanol–water partition coefficient (Wildman–Crippen LogP) is 16.7. The van der Waals surface area contributed by atoms with Gasteiger partial charge in [0.25, 0.3) is 0 Å². The number of carbonyl (C=O) groups excluding carboxylic acids is 1. The van der Waals surface area contributed by atoms with Gasteiger partial charge in [0.15, 0.2) is 11.5 Å². The summed E-state index contributed by atoms with van der Waals surface area (Å²) in [4.78, 5) is 11.7. The molecule has 1 aromatic carbocycles. The van der Waals surface area contributed by atoms with Crippen molar-refractivity contribution in [3.63, 3.8) is 0 Å². The van der Waals surface area contributed by atoms with Crippen molar-refractivity contribution in [2.24, 2.45) is 17.8 Å². The maximum absolute atomic E-state index is 12.2. The van der Waals surface area contributed by atoms with Gasteiger partial charge in [-0.05, 0) is 61.1 Å². The van der Waals surface area contributed by atoms with Crippen molar-refractivity contribution in [2.45, 2.75) is 262 Å². The smallest absolute Gasteiger partial charge is 0.308 e. The lowest BCUT2D eigenvalue weighted by atomic mass is 9.51. The monoisotopic (exact) mass is 787 g/mol. The van der Waals surface area contributed by atoms with Gasteiger partial charge < -0.3 is 14.6 Å². The molecule has 0 amide bonds. The molecule has 330 valence electrons. The summed E-state index contributed by atoms with van der Waals surface area (Å²) in [6.45, 7) is 31.6. The average Bonchev–Trinajstić information content (AvgIpc) is 3.97. The minimum absolute atomic E-state index is 0. The summed E-state index contributed by atoms with van der Waals surface area (Å²) in [6.07, 6.45) is 29.9. The summed E-state index contributed by atoms with van der Waals surface area (Å²) >= 11 is 0. The molecule has 0 spiro atoms. The number of unbranched alkanes of at least 4 members (excludes halogenated alkanes) is 13. The number of carbonyl (C=O) groups is 1. The number of rotatable bonds is 21. The third-order valence-electron chi connectivity index (χ3n) is 12.4. The van der Waals surface area contributed by atoms with E-state index in [-0.39, 0.29) is 25.4 Å². The van der Waals surface area contributed by atoms with Crippen LogP contribution in [0, 0.1) is 17.8 Å². The van der Waals surface area contributed by atoms with Gasteiger partial charge in [-0.25, -0.2) is 0 Å². The van der Waals surface area contributed by atoms with Crippen LogP contribution in [-0.4, -0.2) is 22.8 Å². The Morgan fingerprint density at radius 1 is 0.821 bits per heavy atom. The van der Waals surface area contributed by atoms with E-state index in [1.807, 2.05) is 26.8 Å². The summed E-state index contributed by atoms with van der Waals surface area (Å²) < 4.78 is 12.0. The molecule has 3 aliphatic rings. The van der Waals surface area contributed by atoms with Crippen molar-refractivity contribution in [2.75, 3.05) is 0 Å². The Labute approximate surface area is 351 Å². The molecule has 56 heavy (non-hydrogen) atoms. The van der Waals surface area contributed by atoms with Crippen LogP contribution < -0.4 is 9.47 Å². The quantitative estimate of drug-likeness (QED) is 0.0584. The maximum Gasteiger partial charge on any atom is 0.308 e. The van der Waals surface area contributed by atoms with Gasteiger partial charge in [0.05, 0.1) is 11.0 Å². The number of esters is 1. The number of benzene rings is 1. The molecule has 1 saturated carbocycles. The Morgan fingerprint density at radius 2 is 1.30 bits per heavy atom. The van der Waals surface area contributed by atoms with Crippen molar-refractivity contribution in [3.8, 4) is 11.5 Å². The Balaban J connectivity index is 0. The van der Waals surface area contributed by atoms with E-state index in [2.05, 4.69) is 75.0 Å². The zero-order valence-electron chi connectivity index (χ0n) is 39.1. The topological polar surface area (TPSA) is 55.8 Å². The van der Waals surface area contributed by atoms with Gasteiger partial charge >= 0.3 is 5.97 Å². The number of hydrogen-bond acceptors (Lipinski definition) is 4. The molecule has 1 N–H and O–H groups in total. The number of hydrogen-bond donors (Lipinski definition) is 1. The fourth-order valence-corrected chi connectivity index (χ4v) is 8.43. The minimum Gasteiger partial charge on any atom is -0.481 e. The highest BCUT2D eigenvalue weighted by atomic mass is 16.6. The molecule has 1 heterocycles. The van der Waals surface area contributed by atoms with E-state index in [1.165, 1.54) is 128 Å². The van der Waals surface area contributed by atoms with E-state index in [0.29, 0.717) is 17.4 Å². The summed E-state index contributed by atoms with van der Waals surface area (Å²) in [7, 11) is 0. The van der Waals surface area contributed by atoms with Gasteiger partial charge in [-0.1, -0.05) is 225 Å². The van der Waals surface area contributed by atoms with E-state index in [1.54, 1.807) is 0 Å². The van der Waals surface area contributed by atoms with Crippen LogP contribution in [0.15, 0.2) is 24.3 Å². The average molecular weight is 787 g/mol. The normalized spacial score (nSPS) is 21.7. The first-order valence-electron chi connectivity index (χ1n) is 23.8. The Hall–Kier alpha value is -1.81. The molecule has 1 fully saturated rings. The van der Waals surface area contributed by atoms with Crippen molar-refractivity contribution in [3.05, 3.63) is 35.4 Å². The molecule has 4 nitrogen and oxygen atoms in total. The van der Waals surface area contributed by atoms with Crippen LogP contribution in [0.2, 0.25) is 0 Å². The number of ether oxygens (including phenoxy) is 2. The minimum atomic E-state index is -0.964. The molecule has 1 aromatic rings. The van der Waals surface area contributed by atoms with Crippen molar-refractivity contribution < 1.29 is 19.4 Å². The van der Waals surface area contributed by atoms with Crippen LogP contribution in [0.1, 0.15) is 250 Å². The van der Waals surface area contributed by atoms with Crippen LogP contribution in [0.3, 0.4) is 0 Å². The Morgan fingerprint density at radius 3 is 1.64 bits per heavy atom. The van der Waals surface area contributed by atoms with Gasteiger partial charge in [-0.3, -0.25) is 4.79 Å². The maximum atomic E-state index is 12.2. The van der Waals surface area contributed by atoms with E-state index < -0.39 is 11.0 Å². The van der Waals surface area contributed by atoms with E-state index in [9.17, 15) is 9.90 Å². The van der Waals surface area contributed by atoms with Crippen LogP contribution in [-0.2, 0) is 16.6 Å². The second kappa shape index (κ2) is 32.1. The van der Waals surface area contributed by atoms with Gasteiger partial charge in [-0.2, -0.15) is 0 Å². The predicted molar refractivity (Wildman–Crippen MR) is 249 cm³/mol. The molecule has 0 aromatic heterocycles.